The van der Waals surface area contributed by atoms with E-state index < -0.39 is 0 Å². The van der Waals surface area contributed by atoms with Gasteiger partial charge >= 0.3 is 6.03 Å². The number of piperidine rings is 1. The molecule has 1 saturated heterocycles. The van der Waals surface area contributed by atoms with Gasteiger partial charge in [0, 0.05) is 32.4 Å². The Morgan fingerprint density at radius 2 is 1.80 bits per heavy atom. The van der Waals surface area contributed by atoms with Gasteiger partial charge in [0.15, 0.2) is 11.5 Å². The molecule has 3 rings (SSSR count). The van der Waals surface area contributed by atoms with E-state index in [-0.39, 0.29) is 6.03 Å². The topological polar surface area (TPSA) is 54.0 Å². The largest absolute Gasteiger partial charge is 0.493 e. The zero-order valence-electron chi connectivity index (χ0n) is 17.9. The molecule has 0 unspecified atom stereocenters. The maximum Gasteiger partial charge on any atom is 0.321 e. The number of hydrogen-bond donors (Lipinski definition) is 1. The van der Waals surface area contributed by atoms with E-state index in [1.165, 1.54) is 19.3 Å². The van der Waals surface area contributed by atoms with Crippen LogP contribution in [0.1, 0.15) is 24.8 Å². The van der Waals surface area contributed by atoms with Gasteiger partial charge in [-0.05, 0) is 61.6 Å². The predicted octanol–water partition coefficient (Wildman–Crippen LogP) is 5.05. The standard InChI is InChI=1S/C23H30ClN3O3/c1-26(14-11-17-7-10-21(29-2)22(15-17)30-3)23(28)25-18-8-9-20(19(24)16-18)27-12-5-4-6-13-27/h7-10,15-16H,4-6,11-14H2,1-3H3,(H,25,28). The molecule has 2 amide bonds. The van der Waals surface area contributed by atoms with Gasteiger partial charge < -0.3 is 24.6 Å². The summed E-state index contributed by atoms with van der Waals surface area (Å²) in [6.07, 6.45) is 4.37. The molecule has 2 aromatic rings. The highest BCUT2D eigenvalue weighted by atomic mass is 35.5. The average Bonchev–Trinajstić information content (AvgIpc) is 2.77. The number of carbonyl (C=O) groups excluding carboxylic acids is 1. The van der Waals surface area contributed by atoms with Crippen molar-refractivity contribution in [1.82, 2.24) is 4.90 Å². The van der Waals surface area contributed by atoms with Crippen molar-refractivity contribution in [2.24, 2.45) is 0 Å². The molecule has 0 bridgehead atoms. The summed E-state index contributed by atoms with van der Waals surface area (Å²) < 4.78 is 10.6. The quantitative estimate of drug-likeness (QED) is 0.666. The molecule has 30 heavy (non-hydrogen) atoms. The number of halogens is 1. The normalized spacial score (nSPS) is 13.7. The Bertz CT molecular complexity index is 869. The Kier molecular flexibility index (Phi) is 7.69. The lowest BCUT2D eigenvalue weighted by Gasteiger charge is -2.29. The van der Waals surface area contributed by atoms with Crippen LogP contribution >= 0.6 is 11.6 Å². The lowest BCUT2D eigenvalue weighted by Crippen LogP contribution is -2.33. The van der Waals surface area contributed by atoms with Crippen LogP contribution in [0.4, 0.5) is 16.2 Å². The average molecular weight is 432 g/mol. The number of urea groups is 1. The minimum Gasteiger partial charge on any atom is -0.493 e. The molecular formula is C23H30ClN3O3. The Morgan fingerprint density at radius 1 is 1.07 bits per heavy atom. The van der Waals surface area contributed by atoms with E-state index in [1.807, 2.05) is 36.4 Å². The fourth-order valence-electron chi connectivity index (χ4n) is 3.63. The van der Waals surface area contributed by atoms with E-state index in [4.69, 9.17) is 21.1 Å². The molecule has 1 fully saturated rings. The molecule has 1 heterocycles. The van der Waals surface area contributed by atoms with Crippen molar-refractivity contribution in [1.29, 1.82) is 0 Å². The smallest absolute Gasteiger partial charge is 0.321 e. The summed E-state index contributed by atoms with van der Waals surface area (Å²) >= 11 is 6.49. The van der Waals surface area contributed by atoms with Crippen molar-refractivity contribution in [2.45, 2.75) is 25.7 Å². The van der Waals surface area contributed by atoms with Crippen LogP contribution in [0.2, 0.25) is 5.02 Å². The highest BCUT2D eigenvalue weighted by molar-refractivity contribution is 6.33. The monoisotopic (exact) mass is 431 g/mol. The number of rotatable bonds is 7. The van der Waals surface area contributed by atoms with E-state index in [9.17, 15) is 4.79 Å². The molecule has 0 aliphatic carbocycles. The molecule has 7 heteroatoms. The van der Waals surface area contributed by atoms with E-state index in [1.54, 1.807) is 26.2 Å². The maximum atomic E-state index is 12.6. The van der Waals surface area contributed by atoms with E-state index in [0.29, 0.717) is 35.2 Å². The first kappa shape index (κ1) is 22.1. The van der Waals surface area contributed by atoms with Crippen LogP contribution < -0.4 is 19.7 Å². The summed E-state index contributed by atoms with van der Waals surface area (Å²) in [6, 6.07) is 11.3. The number of anilines is 2. The first-order chi connectivity index (χ1) is 14.5. The van der Waals surface area contributed by atoms with Gasteiger partial charge in [0.25, 0.3) is 0 Å². The van der Waals surface area contributed by atoms with Gasteiger partial charge in [0.1, 0.15) is 0 Å². The predicted molar refractivity (Wildman–Crippen MR) is 122 cm³/mol. The van der Waals surface area contributed by atoms with Crippen LogP contribution in [0.15, 0.2) is 36.4 Å². The second-order valence-electron chi connectivity index (χ2n) is 7.50. The van der Waals surface area contributed by atoms with Crippen LogP contribution in [0, 0.1) is 0 Å². The molecule has 0 aromatic heterocycles. The molecule has 0 saturated carbocycles. The highest BCUT2D eigenvalue weighted by Crippen LogP contribution is 2.31. The molecule has 1 N–H and O–H groups in total. The highest BCUT2D eigenvalue weighted by Gasteiger charge is 2.15. The third kappa shape index (κ3) is 5.51. The van der Waals surface area contributed by atoms with Crippen LogP contribution in [0.3, 0.4) is 0 Å². The molecule has 0 radical (unpaired) electrons. The molecule has 0 spiro atoms. The van der Waals surface area contributed by atoms with Crippen molar-refractivity contribution >= 4 is 29.0 Å². The van der Waals surface area contributed by atoms with Gasteiger partial charge in [-0.2, -0.15) is 0 Å². The van der Waals surface area contributed by atoms with E-state index in [0.717, 1.165) is 24.3 Å². The second-order valence-corrected chi connectivity index (χ2v) is 7.91. The van der Waals surface area contributed by atoms with Crippen LogP contribution in [-0.4, -0.2) is 51.8 Å². The summed E-state index contributed by atoms with van der Waals surface area (Å²) in [5.41, 5.74) is 2.81. The van der Waals surface area contributed by atoms with Crippen molar-refractivity contribution < 1.29 is 14.3 Å². The molecule has 2 aromatic carbocycles. The third-order valence-electron chi connectivity index (χ3n) is 5.43. The summed E-state index contributed by atoms with van der Waals surface area (Å²) in [7, 11) is 5.00. The summed E-state index contributed by atoms with van der Waals surface area (Å²) in [5.74, 6) is 1.38. The number of amides is 2. The number of hydrogen-bond acceptors (Lipinski definition) is 4. The van der Waals surface area contributed by atoms with E-state index in [2.05, 4.69) is 10.2 Å². The van der Waals surface area contributed by atoms with Crippen molar-refractivity contribution in [3.63, 3.8) is 0 Å². The second kappa shape index (κ2) is 10.4. The third-order valence-corrected chi connectivity index (χ3v) is 5.73. The molecule has 162 valence electrons. The Hall–Kier alpha value is -2.60. The number of methoxy groups -OCH3 is 2. The number of likely N-dealkylation sites (N-methyl/N-ethyl adjacent to an activating group) is 1. The van der Waals surface area contributed by atoms with Gasteiger partial charge in [0.2, 0.25) is 0 Å². The number of nitrogens with zero attached hydrogens (tertiary/aromatic N) is 2. The van der Waals surface area contributed by atoms with Crippen molar-refractivity contribution in [3.8, 4) is 11.5 Å². The SMILES string of the molecule is COc1ccc(CCN(C)C(=O)Nc2ccc(N3CCCCC3)c(Cl)c2)cc1OC. The molecular weight excluding hydrogens is 402 g/mol. The Morgan fingerprint density at radius 3 is 2.47 bits per heavy atom. The Labute approximate surface area is 183 Å². The van der Waals surface area contributed by atoms with Crippen LogP contribution in [0.25, 0.3) is 0 Å². The van der Waals surface area contributed by atoms with Crippen LogP contribution in [-0.2, 0) is 6.42 Å². The minimum absolute atomic E-state index is 0.169. The number of ether oxygens (including phenoxy) is 2. The zero-order chi connectivity index (χ0) is 21.5. The molecule has 0 atom stereocenters. The van der Waals surface area contributed by atoms with E-state index >= 15 is 0 Å². The van der Waals surface area contributed by atoms with Gasteiger partial charge in [0.05, 0.1) is 24.9 Å². The number of benzene rings is 2. The molecule has 1 aliphatic heterocycles. The first-order valence-electron chi connectivity index (χ1n) is 10.3. The van der Waals surface area contributed by atoms with Gasteiger partial charge in [-0.15, -0.1) is 0 Å². The maximum absolute atomic E-state index is 12.6. The molecule has 6 nitrogen and oxygen atoms in total. The van der Waals surface area contributed by atoms with Gasteiger partial charge in [-0.3, -0.25) is 0 Å². The Balaban J connectivity index is 1.55. The van der Waals surface area contributed by atoms with Gasteiger partial charge in [-0.1, -0.05) is 17.7 Å². The lowest BCUT2D eigenvalue weighted by molar-refractivity contribution is 0.223. The van der Waals surface area contributed by atoms with Crippen LogP contribution in [0.5, 0.6) is 11.5 Å². The summed E-state index contributed by atoms with van der Waals surface area (Å²) in [4.78, 5) is 16.5. The fraction of sp³-hybridized carbons (Fsp3) is 0.435. The fourth-order valence-corrected chi connectivity index (χ4v) is 3.93. The van der Waals surface area contributed by atoms with Crippen molar-refractivity contribution in [3.05, 3.63) is 47.0 Å². The summed E-state index contributed by atoms with van der Waals surface area (Å²) in [6.45, 7) is 2.63. The summed E-state index contributed by atoms with van der Waals surface area (Å²) in [5, 5.41) is 3.60. The zero-order valence-corrected chi connectivity index (χ0v) is 18.7. The minimum atomic E-state index is -0.169. The lowest BCUT2D eigenvalue weighted by atomic mass is 10.1. The van der Waals surface area contributed by atoms with Gasteiger partial charge in [-0.25, -0.2) is 4.79 Å². The number of nitrogens with one attached hydrogen (secondary N) is 1. The van der Waals surface area contributed by atoms with Crippen molar-refractivity contribution in [2.75, 3.05) is 51.1 Å². The molecule has 1 aliphatic rings. The number of carbonyl (C=O) groups is 1. The first-order valence-corrected chi connectivity index (χ1v) is 10.7.